The van der Waals surface area contributed by atoms with E-state index in [0.717, 1.165) is 47.0 Å². The summed E-state index contributed by atoms with van der Waals surface area (Å²) in [5.41, 5.74) is 0.278. The molecule has 3 aromatic rings. The van der Waals surface area contributed by atoms with E-state index in [4.69, 9.17) is 0 Å². The topological polar surface area (TPSA) is 73.1 Å². The first kappa shape index (κ1) is 24.3. The van der Waals surface area contributed by atoms with E-state index in [9.17, 15) is 13.9 Å². The predicted octanol–water partition coefficient (Wildman–Crippen LogP) is 4.92. The second-order valence-corrected chi connectivity index (χ2v) is 8.50. The number of halogens is 4. The third kappa shape index (κ3) is 4.74. The summed E-state index contributed by atoms with van der Waals surface area (Å²) in [7, 11) is 0. The zero-order valence-electron chi connectivity index (χ0n) is 19.0. The van der Waals surface area contributed by atoms with Crippen LogP contribution in [0.4, 0.5) is 17.6 Å². The van der Waals surface area contributed by atoms with Crippen LogP contribution in [-0.4, -0.2) is 34.3 Å². The average molecular weight is 485 g/mol. The molecule has 0 radical (unpaired) electrons. The summed E-state index contributed by atoms with van der Waals surface area (Å²) in [6, 6.07) is 12.2. The number of hydrazine groups is 1. The summed E-state index contributed by atoms with van der Waals surface area (Å²) >= 11 is 0. The number of β-amino-alcohol motifs (C(OH)–C–C–N with tert-alkyl or cyclic N) is 1. The minimum Gasteiger partial charge on any atom is -0.377 e. The second-order valence-electron chi connectivity index (χ2n) is 8.50. The van der Waals surface area contributed by atoms with Gasteiger partial charge >= 0.3 is 5.92 Å². The molecule has 1 unspecified atom stereocenters. The minimum absolute atomic E-state index is 0.282. The van der Waals surface area contributed by atoms with Crippen LogP contribution in [0.3, 0.4) is 0 Å². The van der Waals surface area contributed by atoms with E-state index in [0.29, 0.717) is 11.6 Å². The van der Waals surface area contributed by atoms with Crippen molar-refractivity contribution in [1.82, 2.24) is 15.4 Å². The fourth-order valence-electron chi connectivity index (χ4n) is 3.81. The number of alkyl halides is 2. The minimum atomic E-state index is -4.09. The van der Waals surface area contributed by atoms with Crippen molar-refractivity contribution in [2.45, 2.75) is 31.3 Å². The van der Waals surface area contributed by atoms with Gasteiger partial charge in [-0.05, 0) is 35.2 Å². The highest BCUT2D eigenvalue weighted by Gasteiger charge is 2.58. The van der Waals surface area contributed by atoms with Gasteiger partial charge < -0.3 is 5.11 Å². The molecule has 1 aliphatic rings. The number of hydrogen-bond acceptors (Lipinski definition) is 6. The van der Waals surface area contributed by atoms with Gasteiger partial charge in [0.2, 0.25) is 0 Å². The molecule has 0 spiro atoms. The van der Waals surface area contributed by atoms with E-state index < -0.39 is 41.0 Å². The summed E-state index contributed by atoms with van der Waals surface area (Å²) in [6.07, 6.45) is 3.44. The molecule has 1 atom stereocenters. The molecule has 10 heteroatoms. The van der Waals surface area contributed by atoms with E-state index in [1.54, 1.807) is 0 Å². The Labute approximate surface area is 199 Å². The average Bonchev–Trinajstić information content (AvgIpc) is 2.84. The van der Waals surface area contributed by atoms with E-state index in [1.807, 2.05) is 38.1 Å². The number of pyridine rings is 1. The molecule has 35 heavy (non-hydrogen) atoms. The third-order valence-electron chi connectivity index (χ3n) is 5.81. The molecule has 1 aromatic heterocycles. The van der Waals surface area contributed by atoms with Crippen LogP contribution in [0.1, 0.15) is 36.6 Å². The largest absolute Gasteiger partial charge is 0.377 e. The molecular weight excluding hydrogens is 462 g/mol. The molecule has 0 bridgehead atoms. The Hall–Kier alpha value is -3.79. The van der Waals surface area contributed by atoms with Gasteiger partial charge in [-0.3, -0.25) is 15.4 Å². The molecule has 2 aromatic carbocycles. The Morgan fingerprint density at radius 2 is 1.80 bits per heavy atom. The number of aliphatic hydroxyl groups is 1. The summed E-state index contributed by atoms with van der Waals surface area (Å²) in [4.78, 5) is 3.93. The van der Waals surface area contributed by atoms with Gasteiger partial charge in [0.05, 0.1) is 6.54 Å². The van der Waals surface area contributed by atoms with Crippen molar-refractivity contribution in [3.63, 3.8) is 0 Å². The summed E-state index contributed by atoms with van der Waals surface area (Å²) < 4.78 is 60.0. The lowest BCUT2D eigenvalue weighted by atomic mass is 9.84. The zero-order valence-corrected chi connectivity index (χ0v) is 19.0. The smallest absolute Gasteiger partial charge is 0.323 e. The maximum absolute atomic E-state index is 15.9. The van der Waals surface area contributed by atoms with Crippen LogP contribution in [0.2, 0.25) is 0 Å². The Bertz CT molecular complexity index is 1260. The molecule has 2 N–H and O–H groups in total. The normalized spacial score (nSPS) is 15.3. The van der Waals surface area contributed by atoms with Crippen LogP contribution >= 0.6 is 0 Å². The molecule has 6 nitrogen and oxygen atoms in total. The maximum atomic E-state index is 15.9. The summed E-state index contributed by atoms with van der Waals surface area (Å²) in [5, 5.41) is 19.4. The van der Waals surface area contributed by atoms with Crippen molar-refractivity contribution in [3.8, 4) is 11.1 Å². The first-order valence-corrected chi connectivity index (χ1v) is 10.8. The Kier molecular flexibility index (Phi) is 6.58. The molecule has 2 heterocycles. The van der Waals surface area contributed by atoms with E-state index in [1.165, 1.54) is 12.3 Å². The SMILES string of the molecule is CC(C)c1cccc(-c2ccc(C(F)(F)C(O)(CN3C=NN=CN3)c3ccc(F)cc3F)nc2)c1. The third-order valence-corrected chi connectivity index (χ3v) is 5.81. The molecule has 182 valence electrons. The summed E-state index contributed by atoms with van der Waals surface area (Å²) in [5.74, 6) is -6.09. The number of nitrogens with zero attached hydrogens (tertiary/aromatic N) is 4. The van der Waals surface area contributed by atoms with Crippen LogP contribution in [0.5, 0.6) is 0 Å². The van der Waals surface area contributed by atoms with E-state index in [2.05, 4.69) is 20.6 Å². The molecule has 4 rings (SSSR count). The van der Waals surface area contributed by atoms with Crippen molar-refractivity contribution in [2.75, 3.05) is 6.54 Å². The fraction of sp³-hybridized carbons (Fsp3) is 0.240. The quantitative estimate of drug-likeness (QED) is 0.466. The van der Waals surface area contributed by atoms with Gasteiger partial charge in [0.25, 0.3) is 0 Å². The number of rotatable bonds is 7. The van der Waals surface area contributed by atoms with E-state index in [-0.39, 0.29) is 5.92 Å². The molecule has 0 saturated heterocycles. The lowest BCUT2D eigenvalue weighted by Gasteiger charge is -2.39. The van der Waals surface area contributed by atoms with E-state index >= 15 is 8.78 Å². The highest BCUT2D eigenvalue weighted by atomic mass is 19.3. The second kappa shape index (κ2) is 9.46. The standard InChI is InChI=1S/C25H23F4N5O/c1-16(2)17-4-3-5-18(10-17)19-6-9-23(30-12-19)25(28,29)24(35,13-34-15-32-31-14-33-34)21-8-7-20(26)11-22(21)27/h3-12,14-16,35H,13H2,1-2H3,(H,31,33). The van der Waals surface area contributed by atoms with Crippen LogP contribution in [0.15, 0.2) is 71.0 Å². The van der Waals surface area contributed by atoms with Gasteiger partial charge in [-0.15, -0.1) is 10.2 Å². The number of hydrogen-bond donors (Lipinski definition) is 2. The van der Waals surface area contributed by atoms with Gasteiger partial charge in [-0.25, -0.2) is 8.78 Å². The zero-order chi connectivity index (χ0) is 25.2. The number of benzene rings is 2. The number of aromatic nitrogens is 1. The lowest BCUT2D eigenvalue weighted by Crippen LogP contribution is -2.55. The van der Waals surface area contributed by atoms with Crippen LogP contribution in [0.25, 0.3) is 11.1 Å². The van der Waals surface area contributed by atoms with Gasteiger partial charge in [-0.2, -0.15) is 8.78 Å². The van der Waals surface area contributed by atoms with Crippen LogP contribution < -0.4 is 5.43 Å². The monoisotopic (exact) mass is 485 g/mol. The van der Waals surface area contributed by atoms with Crippen molar-refractivity contribution >= 4 is 12.7 Å². The fourth-order valence-corrected chi connectivity index (χ4v) is 3.81. The maximum Gasteiger partial charge on any atom is 0.323 e. The van der Waals surface area contributed by atoms with Gasteiger partial charge in [0, 0.05) is 23.4 Å². The van der Waals surface area contributed by atoms with Crippen LogP contribution in [-0.2, 0) is 11.5 Å². The Morgan fingerprint density at radius 3 is 2.43 bits per heavy atom. The van der Waals surface area contributed by atoms with Crippen molar-refractivity contribution in [3.05, 3.63) is 89.2 Å². The summed E-state index contributed by atoms with van der Waals surface area (Å²) in [6.45, 7) is 3.24. The lowest BCUT2D eigenvalue weighted by molar-refractivity contribution is -0.205. The Balaban J connectivity index is 1.74. The molecule has 0 saturated carbocycles. The van der Waals surface area contributed by atoms with Crippen molar-refractivity contribution in [1.29, 1.82) is 0 Å². The first-order valence-electron chi connectivity index (χ1n) is 10.8. The molecule has 1 aliphatic heterocycles. The highest BCUT2D eigenvalue weighted by Crippen LogP contribution is 2.46. The number of nitrogens with one attached hydrogen (secondary N) is 1. The predicted molar refractivity (Wildman–Crippen MR) is 125 cm³/mol. The first-order chi connectivity index (χ1) is 16.6. The molecule has 0 aliphatic carbocycles. The van der Waals surface area contributed by atoms with Gasteiger partial charge in [0.1, 0.15) is 30.0 Å². The van der Waals surface area contributed by atoms with Gasteiger partial charge in [-0.1, -0.05) is 44.2 Å². The van der Waals surface area contributed by atoms with Crippen molar-refractivity contribution < 1.29 is 22.7 Å². The van der Waals surface area contributed by atoms with Gasteiger partial charge in [0.15, 0.2) is 5.60 Å². The van der Waals surface area contributed by atoms with Crippen LogP contribution in [0, 0.1) is 11.6 Å². The Morgan fingerprint density at radius 1 is 1.00 bits per heavy atom. The molecule has 0 fully saturated rings. The van der Waals surface area contributed by atoms with Crippen molar-refractivity contribution in [2.24, 2.45) is 10.2 Å². The molecule has 0 amide bonds. The highest BCUT2D eigenvalue weighted by molar-refractivity contribution is 5.65. The molecular formula is C25H23F4N5O.